The van der Waals surface area contributed by atoms with Gasteiger partial charge in [-0.2, -0.15) is 10.2 Å². The van der Waals surface area contributed by atoms with Gasteiger partial charge in [-0.1, -0.05) is 11.6 Å². The van der Waals surface area contributed by atoms with Gasteiger partial charge in [0.15, 0.2) is 0 Å². The van der Waals surface area contributed by atoms with E-state index >= 15 is 0 Å². The van der Waals surface area contributed by atoms with E-state index in [9.17, 15) is 14.0 Å². The maximum atomic E-state index is 12.9. The second kappa shape index (κ2) is 6.35. The molecule has 1 heterocycles. The van der Waals surface area contributed by atoms with E-state index < -0.39 is 11.8 Å². The van der Waals surface area contributed by atoms with Crippen LogP contribution >= 0.6 is 11.6 Å². The highest BCUT2D eigenvalue weighted by atomic mass is 35.5. The van der Waals surface area contributed by atoms with Gasteiger partial charge >= 0.3 is 11.8 Å². The smallest absolute Gasteiger partial charge is 0.329 e. The molecule has 0 atom stereocenters. The molecule has 0 saturated heterocycles. The van der Waals surface area contributed by atoms with Crippen molar-refractivity contribution in [3.05, 3.63) is 46.5 Å². The number of rotatable bonds is 3. The number of nitrogens with zero attached hydrogens (tertiary/aromatic N) is 3. The van der Waals surface area contributed by atoms with Gasteiger partial charge in [-0.15, -0.1) is 0 Å². The number of nitrogens with two attached hydrogens (primary N) is 1. The molecule has 2 aromatic rings. The van der Waals surface area contributed by atoms with Crippen LogP contribution in [0.1, 0.15) is 11.3 Å². The number of aromatic nitrogens is 2. The number of nitrogens with one attached hydrogen (secondary N) is 1. The minimum Gasteiger partial charge on any atom is -0.361 e. The number of carbonyl (C=O) groups excluding carboxylic acids is 2. The zero-order chi connectivity index (χ0) is 16.3. The molecule has 0 radical (unpaired) electrons. The molecule has 0 unspecified atom stereocenters. The molecular formula is C13H11ClFN5O2. The van der Waals surface area contributed by atoms with Crippen molar-refractivity contribution in [3.8, 4) is 5.69 Å². The summed E-state index contributed by atoms with van der Waals surface area (Å²) in [6, 6.07) is 5.60. The van der Waals surface area contributed by atoms with Crippen molar-refractivity contribution in [2.24, 2.45) is 10.8 Å². The van der Waals surface area contributed by atoms with Crippen LogP contribution in [-0.4, -0.2) is 27.8 Å². The maximum absolute atomic E-state index is 12.9. The first kappa shape index (κ1) is 15.6. The Balaban J connectivity index is 2.27. The number of hydrogen-bond acceptors (Lipinski definition) is 4. The standard InChI is InChI=1S/C13H11ClFN5O2/c1-7-10(6-17-18-13(22)12(16)21)11(14)20(19-7)9-4-2-8(15)3-5-9/h2-6H,1H3,(H2,16,21)(H,18,22). The molecule has 2 rings (SSSR count). The van der Waals surface area contributed by atoms with Crippen molar-refractivity contribution < 1.29 is 14.0 Å². The summed E-state index contributed by atoms with van der Waals surface area (Å²) in [6.07, 6.45) is 1.24. The van der Waals surface area contributed by atoms with Gasteiger partial charge in [-0.05, 0) is 31.2 Å². The van der Waals surface area contributed by atoms with Crippen LogP contribution in [0.5, 0.6) is 0 Å². The monoisotopic (exact) mass is 323 g/mol. The number of benzene rings is 1. The van der Waals surface area contributed by atoms with E-state index in [1.54, 1.807) is 6.92 Å². The van der Waals surface area contributed by atoms with Crippen molar-refractivity contribution in [2.45, 2.75) is 6.92 Å². The summed E-state index contributed by atoms with van der Waals surface area (Å²) < 4.78 is 14.3. The Morgan fingerprint density at radius 2 is 2.05 bits per heavy atom. The maximum Gasteiger partial charge on any atom is 0.329 e. The van der Waals surface area contributed by atoms with Gasteiger partial charge in [0.2, 0.25) is 0 Å². The Labute approximate surface area is 129 Å². The largest absolute Gasteiger partial charge is 0.361 e. The lowest BCUT2D eigenvalue weighted by Gasteiger charge is -2.02. The molecule has 9 heteroatoms. The summed E-state index contributed by atoms with van der Waals surface area (Å²) in [5.74, 6) is -2.57. The number of carbonyl (C=O) groups is 2. The van der Waals surface area contributed by atoms with E-state index in [0.29, 0.717) is 16.9 Å². The van der Waals surface area contributed by atoms with Crippen LogP contribution in [-0.2, 0) is 9.59 Å². The van der Waals surface area contributed by atoms with E-state index in [-0.39, 0.29) is 11.0 Å². The van der Waals surface area contributed by atoms with Crippen LogP contribution in [0.4, 0.5) is 4.39 Å². The van der Waals surface area contributed by atoms with Crippen molar-refractivity contribution in [2.75, 3.05) is 0 Å². The molecule has 0 spiro atoms. The second-order valence-electron chi connectivity index (χ2n) is 4.24. The Morgan fingerprint density at radius 1 is 1.41 bits per heavy atom. The molecular weight excluding hydrogens is 313 g/mol. The molecule has 1 aromatic carbocycles. The molecule has 0 aliphatic carbocycles. The van der Waals surface area contributed by atoms with Crippen molar-refractivity contribution in [1.29, 1.82) is 0 Å². The molecule has 0 fully saturated rings. The summed E-state index contributed by atoms with van der Waals surface area (Å²) in [4.78, 5) is 21.5. The van der Waals surface area contributed by atoms with Gasteiger partial charge in [0.05, 0.1) is 23.2 Å². The first-order valence-electron chi connectivity index (χ1n) is 6.04. The van der Waals surface area contributed by atoms with E-state index in [2.05, 4.69) is 10.2 Å². The summed E-state index contributed by atoms with van der Waals surface area (Å²) in [7, 11) is 0. The Bertz CT molecular complexity index is 755. The number of hydrogen-bond donors (Lipinski definition) is 2. The van der Waals surface area contributed by atoms with Crippen molar-refractivity contribution in [3.63, 3.8) is 0 Å². The predicted molar refractivity (Wildman–Crippen MR) is 78.2 cm³/mol. The number of hydrazone groups is 1. The molecule has 0 saturated carbocycles. The summed E-state index contributed by atoms with van der Waals surface area (Å²) in [6.45, 7) is 1.68. The minimum absolute atomic E-state index is 0.223. The molecule has 3 N–H and O–H groups in total. The van der Waals surface area contributed by atoms with Crippen LogP contribution in [0.3, 0.4) is 0 Å². The minimum atomic E-state index is -1.15. The molecule has 0 bridgehead atoms. The molecule has 1 aromatic heterocycles. The van der Waals surface area contributed by atoms with E-state index in [4.69, 9.17) is 17.3 Å². The topological polar surface area (TPSA) is 102 Å². The second-order valence-corrected chi connectivity index (χ2v) is 4.60. The zero-order valence-corrected chi connectivity index (χ0v) is 12.1. The van der Waals surface area contributed by atoms with E-state index in [1.807, 2.05) is 5.43 Å². The highest BCUT2D eigenvalue weighted by molar-refractivity contribution is 6.34. The Hall–Kier alpha value is -2.74. The number of primary amides is 1. The molecule has 0 aliphatic heterocycles. The number of aryl methyl sites for hydroxylation is 1. The predicted octanol–water partition coefficient (Wildman–Crippen LogP) is 0.909. The number of halogens is 2. The van der Waals surface area contributed by atoms with Crippen LogP contribution < -0.4 is 11.2 Å². The molecule has 7 nitrogen and oxygen atoms in total. The SMILES string of the molecule is Cc1nn(-c2ccc(F)cc2)c(Cl)c1C=NNC(=O)C(N)=O. The average Bonchev–Trinajstić information content (AvgIpc) is 2.75. The highest BCUT2D eigenvalue weighted by Gasteiger charge is 2.13. The first-order chi connectivity index (χ1) is 10.4. The van der Waals surface area contributed by atoms with Crippen LogP contribution in [0.15, 0.2) is 29.4 Å². The Kier molecular flexibility index (Phi) is 4.52. The quantitative estimate of drug-likeness (QED) is 0.498. The van der Waals surface area contributed by atoms with E-state index in [0.717, 1.165) is 0 Å². The lowest BCUT2D eigenvalue weighted by atomic mass is 10.3. The third-order valence-corrected chi connectivity index (χ3v) is 3.07. The summed E-state index contributed by atoms with van der Waals surface area (Å²) in [5, 5.41) is 8.02. The van der Waals surface area contributed by atoms with Crippen molar-refractivity contribution in [1.82, 2.24) is 15.2 Å². The van der Waals surface area contributed by atoms with E-state index in [1.165, 1.54) is 35.2 Å². The lowest BCUT2D eigenvalue weighted by molar-refractivity contribution is -0.137. The molecule has 0 aliphatic rings. The van der Waals surface area contributed by atoms with Gasteiger partial charge in [0.25, 0.3) is 0 Å². The van der Waals surface area contributed by atoms with Gasteiger partial charge < -0.3 is 5.73 Å². The molecule has 114 valence electrons. The van der Waals surface area contributed by atoms with Crippen molar-refractivity contribution >= 4 is 29.6 Å². The number of amides is 2. The zero-order valence-electron chi connectivity index (χ0n) is 11.4. The Morgan fingerprint density at radius 3 is 2.64 bits per heavy atom. The summed E-state index contributed by atoms with van der Waals surface area (Å²) in [5.41, 5.74) is 8.26. The van der Waals surface area contributed by atoms with Gasteiger partial charge in [-0.3, -0.25) is 9.59 Å². The third-order valence-electron chi connectivity index (χ3n) is 2.70. The van der Waals surface area contributed by atoms with Crippen LogP contribution in [0, 0.1) is 12.7 Å². The van der Waals surface area contributed by atoms with Gasteiger partial charge in [0.1, 0.15) is 11.0 Å². The first-order valence-corrected chi connectivity index (χ1v) is 6.42. The fourth-order valence-electron chi connectivity index (χ4n) is 1.62. The third kappa shape index (κ3) is 3.29. The molecule has 22 heavy (non-hydrogen) atoms. The van der Waals surface area contributed by atoms with Gasteiger partial charge in [0, 0.05) is 0 Å². The fraction of sp³-hybridized carbons (Fsp3) is 0.0769. The van der Waals surface area contributed by atoms with Gasteiger partial charge in [-0.25, -0.2) is 14.5 Å². The molecule has 2 amide bonds. The highest BCUT2D eigenvalue weighted by Crippen LogP contribution is 2.22. The summed E-state index contributed by atoms with van der Waals surface area (Å²) >= 11 is 6.19. The van der Waals surface area contributed by atoms with Crippen LogP contribution in [0.25, 0.3) is 5.69 Å². The van der Waals surface area contributed by atoms with Crippen LogP contribution in [0.2, 0.25) is 5.15 Å². The lowest BCUT2D eigenvalue weighted by Crippen LogP contribution is -2.32. The average molecular weight is 324 g/mol. The fourth-order valence-corrected chi connectivity index (χ4v) is 1.94. The normalized spacial score (nSPS) is 10.9.